The van der Waals surface area contributed by atoms with Gasteiger partial charge < -0.3 is 5.73 Å². The predicted molar refractivity (Wildman–Crippen MR) is 78.1 cm³/mol. The average Bonchev–Trinajstić information content (AvgIpc) is 2.42. The van der Waals surface area contributed by atoms with Crippen LogP contribution in [0.5, 0.6) is 0 Å². The molecule has 0 spiro atoms. The molecule has 1 aromatic rings. The third-order valence-electron chi connectivity index (χ3n) is 3.00. The van der Waals surface area contributed by atoms with Gasteiger partial charge in [-0.15, -0.1) is 0 Å². The van der Waals surface area contributed by atoms with E-state index in [2.05, 4.69) is 22.8 Å². The van der Waals surface area contributed by atoms with E-state index < -0.39 is 0 Å². The molecule has 0 radical (unpaired) electrons. The molecule has 3 nitrogen and oxygen atoms in total. The molecule has 1 aromatic carbocycles. The number of hydrogen-bond donors (Lipinski definition) is 1. The lowest BCUT2D eigenvalue weighted by Gasteiger charge is -2.25. The second kappa shape index (κ2) is 8.32. The van der Waals surface area contributed by atoms with Crippen molar-refractivity contribution < 1.29 is 4.39 Å². The van der Waals surface area contributed by atoms with Gasteiger partial charge in [0.1, 0.15) is 5.82 Å². The van der Waals surface area contributed by atoms with Gasteiger partial charge in [-0.3, -0.25) is 4.90 Å². The van der Waals surface area contributed by atoms with Gasteiger partial charge in [0.25, 0.3) is 0 Å². The summed E-state index contributed by atoms with van der Waals surface area (Å²) in [4.78, 5) is 2.08. The molecule has 20 heavy (non-hydrogen) atoms. The fourth-order valence-corrected chi connectivity index (χ4v) is 1.84. The van der Waals surface area contributed by atoms with Crippen molar-refractivity contribution in [2.75, 3.05) is 13.1 Å². The van der Waals surface area contributed by atoms with E-state index in [1.807, 2.05) is 13.8 Å². The van der Waals surface area contributed by atoms with Crippen LogP contribution in [-0.2, 0) is 6.54 Å². The topological polar surface area (TPSA) is 53.0 Å². The quantitative estimate of drug-likeness (QED) is 0.837. The van der Waals surface area contributed by atoms with Gasteiger partial charge in [0.05, 0.1) is 12.6 Å². The largest absolute Gasteiger partial charge is 0.320 e. The molecular weight excluding hydrogens is 253 g/mol. The first-order valence-electron chi connectivity index (χ1n) is 6.66. The number of rotatable bonds is 5. The van der Waals surface area contributed by atoms with E-state index >= 15 is 0 Å². The van der Waals surface area contributed by atoms with Crippen LogP contribution in [0.1, 0.15) is 31.4 Å². The second-order valence-corrected chi connectivity index (χ2v) is 4.78. The third kappa shape index (κ3) is 5.01. The van der Waals surface area contributed by atoms with Crippen LogP contribution in [0.15, 0.2) is 18.2 Å². The van der Waals surface area contributed by atoms with E-state index in [0.717, 1.165) is 0 Å². The van der Waals surface area contributed by atoms with Crippen LogP contribution in [0.3, 0.4) is 0 Å². The van der Waals surface area contributed by atoms with E-state index in [-0.39, 0.29) is 18.4 Å². The van der Waals surface area contributed by atoms with Crippen molar-refractivity contribution in [3.63, 3.8) is 0 Å². The first-order chi connectivity index (χ1) is 9.58. The van der Waals surface area contributed by atoms with Crippen molar-refractivity contribution in [1.29, 1.82) is 5.26 Å². The second-order valence-electron chi connectivity index (χ2n) is 4.78. The van der Waals surface area contributed by atoms with Crippen molar-refractivity contribution in [2.24, 2.45) is 5.73 Å². The first-order valence-corrected chi connectivity index (χ1v) is 6.66. The standard InChI is InChI=1S/C16H20FN3/c1-13(2)20(10-4-9-19)12-15-7-6-14(5-3-8-18)11-16(15)17/h6-7,11,13H,4,8,10,12,18H2,1-2H3. The third-order valence-corrected chi connectivity index (χ3v) is 3.00. The van der Waals surface area contributed by atoms with Crippen molar-refractivity contribution >= 4 is 0 Å². The molecule has 4 heteroatoms. The Bertz CT molecular complexity index is 535. The van der Waals surface area contributed by atoms with E-state index in [4.69, 9.17) is 11.0 Å². The minimum atomic E-state index is -0.267. The Hall–Kier alpha value is -1.88. The van der Waals surface area contributed by atoms with Crippen molar-refractivity contribution in [3.8, 4) is 17.9 Å². The van der Waals surface area contributed by atoms with Gasteiger partial charge >= 0.3 is 0 Å². The Kier molecular flexibility index (Phi) is 6.73. The molecule has 0 amide bonds. The number of nitriles is 1. The molecule has 0 unspecified atom stereocenters. The fraction of sp³-hybridized carbons (Fsp3) is 0.438. The summed E-state index contributed by atoms with van der Waals surface area (Å²) < 4.78 is 14.0. The van der Waals surface area contributed by atoms with Crippen LogP contribution in [-0.4, -0.2) is 24.0 Å². The van der Waals surface area contributed by atoms with E-state index in [1.165, 1.54) is 6.07 Å². The highest BCUT2D eigenvalue weighted by Gasteiger charge is 2.12. The Morgan fingerprint density at radius 1 is 1.40 bits per heavy atom. The van der Waals surface area contributed by atoms with Crippen LogP contribution < -0.4 is 5.73 Å². The number of benzene rings is 1. The van der Waals surface area contributed by atoms with E-state index in [9.17, 15) is 4.39 Å². The highest BCUT2D eigenvalue weighted by atomic mass is 19.1. The Morgan fingerprint density at radius 2 is 2.15 bits per heavy atom. The van der Waals surface area contributed by atoms with E-state index in [0.29, 0.717) is 30.6 Å². The van der Waals surface area contributed by atoms with Gasteiger partial charge in [-0.05, 0) is 26.0 Å². The minimum absolute atomic E-state index is 0.263. The summed E-state index contributed by atoms with van der Waals surface area (Å²) in [7, 11) is 0. The highest BCUT2D eigenvalue weighted by Crippen LogP contribution is 2.14. The van der Waals surface area contributed by atoms with Crippen molar-refractivity contribution in [3.05, 3.63) is 35.1 Å². The Morgan fingerprint density at radius 3 is 2.70 bits per heavy atom. The van der Waals surface area contributed by atoms with Crippen molar-refractivity contribution in [2.45, 2.75) is 32.9 Å². The molecular formula is C16H20FN3. The summed E-state index contributed by atoms with van der Waals surface area (Å²) in [5.41, 5.74) is 6.54. The van der Waals surface area contributed by atoms with Crippen LogP contribution in [0.2, 0.25) is 0 Å². The number of hydrogen-bond acceptors (Lipinski definition) is 3. The van der Waals surface area contributed by atoms with Gasteiger partial charge in [-0.2, -0.15) is 5.26 Å². The number of nitrogens with two attached hydrogens (primary N) is 1. The highest BCUT2D eigenvalue weighted by molar-refractivity contribution is 5.37. The van der Waals surface area contributed by atoms with Crippen LogP contribution in [0.25, 0.3) is 0 Å². The van der Waals surface area contributed by atoms with Gasteiger partial charge in [0.2, 0.25) is 0 Å². The number of nitrogens with zero attached hydrogens (tertiary/aromatic N) is 2. The Labute approximate surface area is 120 Å². The SMILES string of the molecule is CC(C)N(CCC#N)Cc1ccc(C#CCN)cc1F. The van der Waals surface area contributed by atoms with Crippen molar-refractivity contribution in [1.82, 2.24) is 4.90 Å². The summed E-state index contributed by atoms with van der Waals surface area (Å²) in [6.45, 7) is 5.48. The lowest BCUT2D eigenvalue weighted by molar-refractivity contribution is 0.215. The van der Waals surface area contributed by atoms with Crippen LogP contribution in [0, 0.1) is 29.0 Å². The maximum Gasteiger partial charge on any atom is 0.128 e. The molecule has 0 aliphatic heterocycles. The monoisotopic (exact) mass is 273 g/mol. The Balaban J connectivity index is 2.83. The van der Waals surface area contributed by atoms with Gasteiger partial charge in [0.15, 0.2) is 0 Å². The molecule has 1 rings (SSSR count). The zero-order chi connectivity index (χ0) is 15.0. The summed E-state index contributed by atoms with van der Waals surface area (Å²) in [6, 6.07) is 7.36. The zero-order valence-electron chi connectivity index (χ0n) is 12.0. The molecule has 0 aliphatic carbocycles. The molecule has 0 saturated carbocycles. The van der Waals surface area contributed by atoms with Gasteiger partial charge in [-0.25, -0.2) is 4.39 Å². The lowest BCUT2D eigenvalue weighted by atomic mass is 10.1. The molecule has 2 N–H and O–H groups in total. The molecule has 0 aliphatic rings. The molecule has 106 valence electrons. The normalized spacial score (nSPS) is 10.2. The van der Waals surface area contributed by atoms with E-state index in [1.54, 1.807) is 12.1 Å². The molecule has 0 aromatic heterocycles. The van der Waals surface area contributed by atoms with Crippen LogP contribution >= 0.6 is 0 Å². The molecule has 0 saturated heterocycles. The summed E-state index contributed by atoms with van der Waals surface area (Å²) in [5, 5.41) is 8.66. The van der Waals surface area contributed by atoms with Gasteiger partial charge in [0, 0.05) is 36.7 Å². The summed E-state index contributed by atoms with van der Waals surface area (Å²) in [6.07, 6.45) is 0.444. The maximum absolute atomic E-state index is 14.0. The first kappa shape index (κ1) is 16.2. The smallest absolute Gasteiger partial charge is 0.128 e. The molecule has 0 bridgehead atoms. The van der Waals surface area contributed by atoms with Gasteiger partial charge in [-0.1, -0.05) is 17.9 Å². The maximum atomic E-state index is 14.0. The fourth-order valence-electron chi connectivity index (χ4n) is 1.84. The predicted octanol–water partition coefficient (Wildman–Crippen LogP) is 2.26. The lowest BCUT2D eigenvalue weighted by Crippen LogP contribution is -2.31. The average molecular weight is 273 g/mol. The minimum Gasteiger partial charge on any atom is -0.320 e. The molecule has 0 heterocycles. The zero-order valence-corrected chi connectivity index (χ0v) is 12.0. The van der Waals surface area contributed by atoms with Crippen LogP contribution in [0.4, 0.5) is 4.39 Å². The number of halogens is 1. The molecule has 0 fully saturated rings. The summed E-state index contributed by atoms with van der Waals surface area (Å²) >= 11 is 0. The summed E-state index contributed by atoms with van der Waals surface area (Å²) in [5.74, 6) is 5.25. The molecule has 0 atom stereocenters.